The van der Waals surface area contributed by atoms with E-state index in [1.54, 1.807) is 14.0 Å². The van der Waals surface area contributed by atoms with Crippen molar-refractivity contribution in [1.29, 1.82) is 0 Å². The average molecular weight is 166 g/mol. The molecule has 0 aliphatic rings. The fourth-order valence-electron chi connectivity index (χ4n) is 0.434. The van der Waals surface area contributed by atoms with E-state index in [1.807, 2.05) is 0 Å². The maximum Gasteiger partial charge on any atom is 0.211 e. The highest BCUT2D eigenvalue weighted by molar-refractivity contribution is 7.89. The summed E-state index contributed by atoms with van der Waals surface area (Å²) in [4.78, 5) is 0. The predicted octanol–water partition coefficient (Wildman–Crippen LogP) is -0.855. The standard InChI is InChI=1S/C5H14N2O2S/c1-3-10(8,9)7-5-4-6-2/h6-7H,3-5H2,1-2H3. The summed E-state index contributed by atoms with van der Waals surface area (Å²) < 4.78 is 23.9. The van der Waals surface area contributed by atoms with E-state index in [4.69, 9.17) is 0 Å². The Balaban J connectivity index is 3.49. The third-order valence-corrected chi connectivity index (χ3v) is 2.48. The van der Waals surface area contributed by atoms with E-state index >= 15 is 0 Å². The lowest BCUT2D eigenvalue weighted by Crippen LogP contribution is -2.31. The van der Waals surface area contributed by atoms with Crippen LogP contribution in [0.1, 0.15) is 6.92 Å². The molecule has 5 heteroatoms. The lowest BCUT2D eigenvalue weighted by atomic mass is 10.7. The zero-order chi connectivity index (χ0) is 8.04. The third-order valence-electron chi connectivity index (χ3n) is 1.08. The van der Waals surface area contributed by atoms with E-state index in [0.717, 1.165) is 0 Å². The molecule has 0 rings (SSSR count). The van der Waals surface area contributed by atoms with Crippen LogP contribution < -0.4 is 10.0 Å². The van der Waals surface area contributed by atoms with Crippen LogP contribution in [0.15, 0.2) is 0 Å². The van der Waals surface area contributed by atoms with Gasteiger partial charge in [0.15, 0.2) is 0 Å². The second kappa shape index (κ2) is 4.65. The highest BCUT2D eigenvalue weighted by atomic mass is 32.2. The highest BCUT2D eigenvalue weighted by Gasteiger charge is 2.02. The molecule has 0 heterocycles. The number of hydrogen-bond donors (Lipinski definition) is 2. The van der Waals surface area contributed by atoms with Gasteiger partial charge in [0.25, 0.3) is 0 Å². The molecular weight excluding hydrogens is 152 g/mol. The summed E-state index contributed by atoms with van der Waals surface area (Å²) in [7, 11) is -1.20. The lowest BCUT2D eigenvalue weighted by molar-refractivity contribution is 0.581. The van der Waals surface area contributed by atoms with Gasteiger partial charge in [0, 0.05) is 13.1 Å². The molecule has 0 amide bonds. The van der Waals surface area contributed by atoms with Crippen molar-refractivity contribution < 1.29 is 8.42 Å². The van der Waals surface area contributed by atoms with Gasteiger partial charge in [-0.1, -0.05) is 0 Å². The normalized spacial score (nSPS) is 11.8. The van der Waals surface area contributed by atoms with E-state index in [0.29, 0.717) is 13.1 Å². The van der Waals surface area contributed by atoms with Crippen LogP contribution in [-0.4, -0.2) is 34.3 Å². The lowest BCUT2D eigenvalue weighted by Gasteiger charge is -2.01. The Morgan fingerprint density at radius 2 is 1.90 bits per heavy atom. The van der Waals surface area contributed by atoms with Gasteiger partial charge in [-0.25, -0.2) is 13.1 Å². The first kappa shape index (κ1) is 9.87. The maximum absolute atomic E-state index is 10.7. The van der Waals surface area contributed by atoms with Crippen LogP contribution in [0.5, 0.6) is 0 Å². The molecule has 0 fully saturated rings. The molecule has 0 saturated carbocycles. The quantitative estimate of drug-likeness (QED) is 0.523. The largest absolute Gasteiger partial charge is 0.318 e. The van der Waals surface area contributed by atoms with E-state index in [-0.39, 0.29) is 5.75 Å². The molecule has 0 aromatic heterocycles. The molecule has 0 aromatic rings. The van der Waals surface area contributed by atoms with Gasteiger partial charge in [-0.15, -0.1) is 0 Å². The molecule has 2 N–H and O–H groups in total. The molecule has 0 radical (unpaired) electrons. The predicted molar refractivity (Wildman–Crippen MR) is 41.4 cm³/mol. The van der Waals surface area contributed by atoms with Gasteiger partial charge < -0.3 is 5.32 Å². The van der Waals surface area contributed by atoms with Crippen molar-refractivity contribution in [3.8, 4) is 0 Å². The topological polar surface area (TPSA) is 58.2 Å². The molecule has 0 saturated heterocycles. The maximum atomic E-state index is 10.7. The smallest absolute Gasteiger partial charge is 0.211 e. The van der Waals surface area contributed by atoms with Gasteiger partial charge in [0.05, 0.1) is 5.75 Å². The van der Waals surface area contributed by atoms with Crippen molar-refractivity contribution in [3.05, 3.63) is 0 Å². The molecule has 4 nitrogen and oxygen atoms in total. The minimum Gasteiger partial charge on any atom is -0.318 e. The van der Waals surface area contributed by atoms with Crippen molar-refractivity contribution >= 4 is 10.0 Å². The molecule has 0 atom stereocenters. The molecule has 62 valence electrons. The first-order valence-corrected chi connectivity index (χ1v) is 4.89. The van der Waals surface area contributed by atoms with Crippen LogP contribution >= 0.6 is 0 Å². The van der Waals surface area contributed by atoms with Crippen molar-refractivity contribution in [1.82, 2.24) is 10.0 Å². The van der Waals surface area contributed by atoms with E-state index in [2.05, 4.69) is 10.0 Å². The molecular formula is C5H14N2O2S. The molecule has 0 spiro atoms. The Hall–Kier alpha value is -0.130. The second-order valence-electron chi connectivity index (χ2n) is 1.90. The van der Waals surface area contributed by atoms with Crippen LogP contribution in [0, 0.1) is 0 Å². The number of rotatable bonds is 5. The SMILES string of the molecule is CCS(=O)(=O)NCCNC. The summed E-state index contributed by atoms with van der Waals surface area (Å²) in [6, 6.07) is 0. The Labute approximate surface area is 62.1 Å². The summed E-state index contributed by atoms with van der Waals surface area (Å²) in [5, 5.41) is 2.84. The van der Waals surface area contributed by atoms with Gasteiger partial charge in [0.2, 0.25) is 10.0 Å². The number of sulfonamides is 1. The van der Waals surface area contributed by atoms with Crippen LogP contribution in [-0.2, 0) is 10.0 Å². The molecule has 0 bridgehead atoms. The number of hydrogen-bond acceptors (Lipinski definition) is 3. The minimum absolute atomic E-state index is 0.150. The van der Waals surface area contributed by atoms with Crippen LogP contribution in [0.25, 0.3) is 0 Å². The number of likely N-dealkylation sites (N-methyl/N-ethyl adjacent to an activating group) is 1. The summed E-state index contributed by atoms with van der Waals surface area (Å²) in [6.07, 6.45) is 0. The van der Waals surface area contributed by atoms with Gasteiger partial charge >= 0.3 is 0 Å². The van der Waals surface area contributed by atoms with E-state index in [1.165, 1.54) is 0 Å². The molecule has 0 aliphatic carbocycles. The zero-order valence-corrected chi connectivity index (χ0v) is 7.16. The van der Waals surface area contributed by atoms with E-state index < -0.39 is 10.0 Å². The number of nitrogens with one attached hydrogen (secondary N) is 2. The fraction of sp³-hybridized carbons (Fsp3) is 1.00. The Kier molecular flexibility index (Phi) is 4.59. The monoisotopic (exact) mass is 166 g/mol. The van der Waals surface area contributed by atoms with Crippen molar-refractivity contribution in [2.24, 2.45) is 0 Å². The third kappa shape index (κ3) is 4.72. The van der Waals surface area contributed by atoms with Crippen molar-refractivity contribution in [2.45, 2.75) is 6.92 Å². The van der Waals surface area contributed by atoms with Gasteiger partial charge in [0.1, 0.15) is 0 Å². The summed E-state index contributed by atoms with van der Waals surface area (Å²) in [5.41, 5.74) is 0. The van der Waals surface area contributed by atoms with Crippen molar-refractivity contribution in [3.63, 3.8) is 0 Å². The Morgan fingerprint density at radius 1 is 1.30 bits per heavy atom. The van der Waals surface area contributed by atoms with Gasteiger partial charge in [-0.2, -0.15) is 0 Å². The highest BCUT2D eigenvalue weighted by Crippen LogP contribution is 1.78. The van der Waals surface area contributed by atoms with Crippen molar-refractivity contribution in [2.75, 3.05) is 25.9 Å². The Morgan fingerprint density at radius 3 is 2.30 bits per heavy atom. The summed E-state index contributed by atoms with van der Waals surface area (Å²) in [5.74, 6) is 0.150. The molecule has 0 aliphatic heterocycles. The fourth-order valence-corrected chi connectivity index (χ4v) is 1.05. The first-order valence-electron chi connectivity index (χ1n) is 3.24. The summed E-state index contributed by atoms with van der Waals surface area (Å²) in [6.45, 7) is 2.74. The zero-order valence-electron chi connectivity index (χ0n) is 6.35. The first-order chi connectivity index (χ1) is 4.62. The molecule has 0 aromatic carbocycles. The average Bonchev–Trinajstić information content (AvgIpc) is 1.89. The van der Waals surface area contributed by atoms with Crippen LogP contribution in [0.3, 0.4) is 0 Å². The Bertz CT molecular complexity index is 164. The van der Waals surface area contributed by atoms with Crippen LogP contribution in [0.2, 0.25) is 0 Å². The van der Waals surface area contributed by atoms with Gasteiger partial charge in [-0.05, 0) is 14.0 Å². The summed E-state index contributed by atoms with van der Waals surface area (Å²) >= 11 is 0. The molecule has 0 unspecified atom stereocenters. The second-order valence-corrected chi connectivity index (χ2v) is 4.00. The minimum atomic E-state index is -2.98. The van der Waals surface area contributed by atoms with Crippen LogP contribution in [0.4, 0.5) is 0 Å². The van der Waals surface area contributed by atoms with E-state index in [9.17, 15) is 8.42 Å². The van der Waals surface area contributed by atoms with Gasteiger partial charge in [-0.3, -0.25) is 0 Å². The molecule has 10 heavy (non-hydrogen) atoms.